The second kappa shape index (κ2) is 6.82. The Hall–Kier alpha value is -1.43. The molecule has 1 aromatic heterocycles. The number of fused-ring (bicyclic) bond motifs is 1. The summed E-state index contributed by atoms with van der Waals surface area (Å²) >= 11 is 0. The van der Waals surface area contributed by atoms with Gasteiger partial charge in [-0.15, -0.1) is 0 Å². The number of piperidine rings is 1. The molecular formula is C18H27FN4O. The van der Waals surface area contributed by atoms with Gasteiger partial charge in [-0.3, -0.25) is 18.8 Å². The molecule has 0 spiro atoms. The molecule has 4 heterocycles. The molecule has 1 amide bonds. The largest absolute Gasteiger partial charge is 0.339 e. The molecule has 2 fully saturated rings. The van der Waals surface area contributed by atoms with Crippen molar-refractivity contribution >= 4 is 5.91 Å². The number of hydrogen-bond acceptors (Lipinski definition) is 3. The first-order valence-electron chi connectivity index (χ1n) is 9.36. The van der Waals surface area contributed by atoms with Crippen LogP contribution in [-0.2, 0) is 24.3 Å². The van der Waals surface area contributed by atoms with Crippen molar-refractivity contribution in [3.8, 4) is 0 Å². The monoisotopic (exact) mass is 334 g/mol. The predicted molar refractivity (Wildman–Crippen MR) is 89.3 cm³/mol. The van der Waals surface area contributed by atoms with Gasteiger partial charge >= 0.3 is 0 Å². The lowest BCUT2D eigenvalue weighted by Crippen LogP contribution is -2.45. The number of halogens is 1. The van der Waals surface area contributed by atoms with Crippen LogP contribution in [0.3, 0.4) is 0 Å². The third-order valence-electron chi connectivity index (χ3n) is 5.81. The third-order valence-corrected chi connectivity index (χ3v) is 5.81. The van der Waals surface area contributed by atoms with E-state index in [1.807, 2.05) is 4.90 Å². The first-order valence-corrected chi connectivity index (χ1v) is 9.36. The molecule has 24 heavy (non-hydrogen) atoms. The number of aromatic nitrogens is 2. The lowest BCUT2D eigenvalue weighted by molar-refractivity contribution is -0.130. The fourth-order valence-corrected chi connectivity index (χ4v) is 4.44. The maximum atomic E-state index is 12.8. The van der Waals surface area contributed by atoms with Gasteiger partial charge in [0.25, 0.3) is 0 Å². The van der Waals surface area contributed by atoms with Gasteiger partial charge in [-0.2, -0.15) is 5.10 Å². The normalized spacial score (nSPS) is 26.1. The van der Waals surface area contributed by atoms with Gasteiger partial charge in [0.2, 0.25) is 5.91 Å². The highest BCUT2D eigenvalue weighted by molar-refractivity contribution is 5.79. The number of alkyl halides is 1. The Bertz CT molecular complexity index is 570. The molecule has 5 nitrogen and oxygen atoms in total. The fraction of sp³-hybridized carbons (Fsp3) is 0.778. The van der Waals surface area contributed by atoms with Crippen LogP contribution in [-0.4, -0.2) is 57.8 Å². The number of aryl methyl sites for hydroxylation is 2. The van der Waals surface area contributed by atoms with E-state index in [2.05, 4.69) is 15.6 Å². The number of carbonyl (C=O) groups is 1. The van der Waals surface area contributed by atoms with E-state index in [-0.39, 0.29) is 18.5 Å². The zero-order valence-electron chi connectivity index (χ0n) is 14.3. The van der Waals surface area contributed by atoms with Gasteiger partial charge < -0.3 is 4.90 Å². The lowest BCUT2D eigenvalue weighted by atomic mass is 10.0. The molecule has 2 saturated heterocycles. The Balaban J connectivity index is 1.30. The zero-order chi connectivity index (χ0) is 16.5. The molecule has 1 aromatic rings. The number of amides is 1. The summed E-state index contributed by atoms with van der Waals surface area (Å²) in [6, 6.07) is 2.57. The Morgan fingerprint density at radius 3 is 2.75 bits per heavy atom. The van der Waals surface area contributed by atoms with E-state index < -0.39 is 0 Å². The highest BCUT2D eigenvalue weighted by Gasteiger charge is 2.35. The first-order chi connectivity index (χ1) is 11.7. The van der Waals surface area contributed by atoms with Crippen molar-refractivity contribution in [2.75, 3.05) is 26.3 Å². The van der Waals surface area contributed by atoms with E-state index in [1.165, 1.54) is 24.2 Å². The summed E-state index contributed by atoms with van der Waals surface area (Å²) in [4.78, 5) is 16.4. The third kappa shape index (κ3) is 3.21. The van der Waals surface area contributed by atoms with Gasteiger partial charge in [-0.05, 0) is 38.2 Å². The Labute approximate surface area is 142 Å². The average molecular weight is 334 g/mol. The first kappa shape index (κ1) is 16.1. The molecule has 6 heteroatoms. The summed E-state index contributed by atoms with van der Waals surface area (Å²) in [7, 11) is 0. The average Bonchev–Trinajstić information content (AvgIpc) is 3.18. The van der Waals surface area contributed by atoms with Gasteiger partial charge in [-0.1, -0.05) is 0 Å². The molecule has 0 aromatic carbocycles. The van der Waals surface area contributed by atoms with Crippen LogP contribution in [0, 0.1) is 5.92 Å². The van der Waals surface area contributed by atoms with Gasteiger partial charge in [0.05, 0.1) is 12.4 Å². The summed E-state index contributed by atoms with van der Waals surface area (Å²) in [6.07, 6.45) is 6.07. The summed E-state index contributed by atoms with van der Waals surface area (Å²) in [6.45, 7) is 4.21. The van der Waals surface area contributed by atoms with Crippen molar-refractivity contribution in [2.24, 2.45) is 5.92 Å². The minimum Gasteiger partial charge on any atom is -0.339 e. The number of carbonyl (C=O) groups excluding carboxylic acids is 1. The van der Waals surface area contributed by atoms with Gasteiger partial charge in [0.1, 0.15) is 0 Å². The van der Waals surface area contributed by atoms with Crippen molar-refractivity contribution in [3.05, 3.63) is 17.5 Å². The van der Waals surface area contributed by atoms with Crippen LogP contribution >= 0.6 is 0 Å². The minimum atomic E-state index is -0.369. The van der Waals surface area contributed by atoms with E-state index in [4.69, 9.17) is 5.10 Å². The number of hydrogen-bond donors (Lipinski definition) is 0. The molecule has 3 aliphatic heterocycles. The molecule has 132 valence electrons. The smallest absolute Gasteiger partial charge is 0.223 e. The quantitative estimate of drug-likeness (QED) is 0.846. The SMILES string of the molecule is O=C1CC(CF)CN1C1CCN(Cc2cc3n(n2)CCCC3)CC1. The van der Waals surface area contributed by atoms with E-state index in [0.29, 0.717) is 19.0 Å². The van der Waals surface area contributed by atoms with Crippen LogP contribution in [0.5, 0.6) is 0 Å². The van der Waals surface area contributed by atoms with E-state index in [9.17, 15) is 9.18 Å². The maximum Gasteiger partial charge on any atom is 0.223 e. The second-order valence-electron chi connectivity index (χ2n) is 7.59. The van der Waals surface area contributed by atoms with Crippen molar-refractivity contribution in [2.45, 2.75) is 57.7 Å². The Kier molecular flexibility index (Phi) is 4.57. The van der Waals surface area contributed by atoms with Crippen LogP contribution in [0.15, 0.2) is 6.07 Å². The van der Waals surface area contributed by atoms with Crippen LogP contribution < -0.4 is 0 Å². The molecule has 4 rings (SSSR count). The zero-order valence-corrected chi connectivity index (χ0v) is 14.3. The fourth-order valence-electron chi connectivity index (χ4n) is 4.44. The maximum absolute atomic E-state index is 12.8. The molecule has 0 bridgehead atoms. The van der Waals surface area contributed by atoms with Crippen LogP contribution in [0.25, 0.3) is 0 Å². The van der Waals surface area contributed by atoms with Gasteiger partial charge in [0, 0.05) is 56.8 Å². The molecule has 0 N–H and O–H groups in total. The molecular weight excluding hydrogens is 307 g/mol. The number of rotatable bonds is 4. The highest BCUT2D eigenvalue weighted by Crippen LogP contribution is 2.26. The molecule has 1 atom stereocenters. The molecule has 3 aliphatic rings. The second-order valence-corrected chi connectivity index (χ2v) is 7.59. The molecule has 1 unspecified atom stereocenters. The van der Waals surface area contributed by atoms with E-state index in [1.54, 1.807) is 0 Å². The van der Waals surface area contributed by atoms with E-state index in [0.717, 1.165) is 45.4 Å². The Morgan fingerprint density at radius 2 is 2.04 bits per heavy atom. The van der Waals surface area contributed by atoms with Gasteiger partial charge in [-0.25, -0.2) is 0 Å². The van der Waals surface area contributed by atoms with Gasteiger partial charge in [0.15, 0.2) is 0 Å². The molecule has 0 aliphatic carbocycles. The van der Waals surface area contributed by atoms with E-state index >= 15 is 0 Å². The van der Waals surface area contributed by atoms with Crippen LogP contribution in [0.4, 0.5) is 4.39 Å². The van der Waals surface area contributed by atoms with Crippen LogP contribution in [0.2, 0.25) is 0 Å². The summed E-state index contributed by atoms with van der Waals surface area (Å²) in [5, 5.41) is 4.74. The standard InChI is InChI=1S/C18H27FN4O/c19-11-14-9-18(24)22(12-14)16-4-7-21(8-5-16)13-15-10-17-3-1-2-6-23(17)20-15/h10,14,16H,1-9,11-13H2. The number of likely N-dealkylation sites (tertiary alicyclic amines) is 2. The Morgan fingerprint density at radius 1 is 1.21 bits per heavy atom. The van der Waals surface area contributed by atoms with Crippen molar-refractivity contribution in [3.63, 3.8) is 0 Å². The summed E-state index contributed by atoms with van der Waals surface area (Å²) < 4.78 is 15.0. The topological polar surface area (TPSA) is 41.4 Å². The van der Waals surface area contributed by atoms with Crippen LogP contribution in [0.1, 0.15) is 43.5 Å². The molecule has 0 saturated carbocycles. The summed E-state index contributed by atoms with van der Waals surface area (Å²) in [5.74, 6) is 0.0743. The highest BCUT2D eigenvalue weighted by atomic mass is 19.1. The summed E-state index contributed by atoms with van der Waals surface area (Å²) in [5.41, 5.74) is 2.56. The predicted octanol–water partition coefficient (Wildman–Crippen LogP) is 2.00. The van der Waals surface area contributed by atoms with Crippen molar-refractivity contribution < 1.29 is 9.18 Å². The van der Waals surface area contributed by atoms with Crippen molar-refractivity contribution in [1.29, 1.82) is 0 Å². The van der Waals surface area contributed by atoms with Crippen molar-refractivity contribution in [1.82, 2.24) is 19.6 Å². The number of nitrogens with zero attached hydrogens (tertiary/aromatic N) is 4. The lowest BCUT2D eigenvalue weighted by Gasteiger charge is -2.36. The minimum absolute atomic E-state index is 0.0765. The molecule has 0 radical (unpaired) electrons.